The van der Waals surface area contributed by atoms with E-state index in [0.29, 0.717) is 23.1 Å². The van der Waals surface area contributed by atoms with Crippen LogP contribution in [0.25, 0.3) is 11.3 Å². The molecule has 3 aromatic rings. The van der Waals surface area contributed by atoms with E-state index in [0.717, 1.165) is 11.3 Å². The first-order valence-electron chi connectivity index (χ1n) is 7.35. The first-order valence-corrected chi connectivity index (χ1v) is 7.35. The third-order valence-electron chi connectivity index (χ3n) is 3.46. The van der Waals surface area contributed by atoms with Crippen LogP contribution in [0.2, 0.25) is 0 Å². The van der Waals surface area contributed by atoms with Crippen molar-refractivity contribution >= 4 is 11.6 Å². The fraction of sp³-hybridized carbons (Fsp3) is 0.111. The SMILES string of the molecule is COc1ccc(-c2cc(=O)[nH]c(Nc3ccccc3)n2)cc1OC. The van der Waals surface area contributed by atoms with Crippen molar-refractivity contribution in [3.63, 3.8) is 0 Å². The minimum absolute atomic E-state index is 0.242. The number of para-hydroxylation sites is 1. The minimum atomic E-state index is -0.242. The molecule has 2 N–H and O–H groups in total. The van der Waals surface area contributed by atoms with Crippen molar-refractivity contribution in [3.8, 4) is 22.8 Å². The maximum atomic E-state index is 12.0. The zero-order valence-electron chi connectivity index (χ0n) is 13.4. The van der Waals surface area contributed by atoms with Gasteiger partial charge in [-0.15, -0.1) is 0 Å². The highest BCUT2D eigenvalue weighted by atomic mass is 16.5. The van der Waals surface area contributed by atoms with Gasteiger partial charge in [0.05, 0.1) is 19.9 Å². The average Bonchev–Trinajstić information content (AvgIpc) is 2.61. The third-order valence-corrected chi connectivity index (χ3v) is 3.46. The van der Waals surface area contributed by atoms with Gasteiger partial charge in [0.2, 0.25) is 5.95 Å². The van der Waals surface area contributed by atoms with Crippen LogP contribution in [0.5, 0.6) is 11.5 Å². The summed E-state index contributed by atoms with van der Waals surface area (Å²) in [5, 5.41) is 3.08. The molecule has 1 aromatic heterocycles. The van der Waals surface area contributed by atoms with Crippen LogP contribution in [0.15, 0.2) is 59.4 Å². The first-order chi connectivity index (χ1) is 11.7. The van der Waals surface area contributed by atoms with E-state index in [2.05, 4.69) is 15.3 Å². The number of hydrogen-bond donors (Lipinski definition) is 2. The Kier molecular flexibility index (Phi) is 4.47. The maximum Gasteiger partial charge on any atom is 0.252 e. The topological polar surface area (TPSA) is 76.2 Å². The summed E-state index contributed by atoms with van der Waals surface area (Å²) < 4.78 is 10.5. The van der Waals surface area contributed by atoms with E-state index in [-0.39, 0.29) is 5.56 Å². The van der Waals surface area contributed by atoms with E-state index in [1.54, 1.807) is 26.4 Å². The Morgan fingerprint density at radius 1 is 0.958 bits per heavy atom. The van der Waals surface area contributed by atoms with Crippen LogP contribution in [0.4, 0.5) is 11.6 Å². The summed E-state index contributed by atoms with van der Waals surface area (Å²) in [6.45, 7) is 0. The summed E-state index contributed by atoms with van der Waals surface area (Å²) in [6, 6.07) is 16.3. The first kappa shape index (κ1) is 15.6. The molecule has 1 heterocycles. The molecule has 0 unspecified atom stereocenters. The monoisotopic (exact) mass is 323 g/mol. The van der Waals surface area contributed by atoms with Gasteiger partial charge in [-0.25, -0.2) is 4.98 Å². The van der Waals surface area contributed by atoms with Crippen LogP contribution in [0.3, 0.4) is 0 Å². The van der Waals surface area contributed by atoms with Crippen molar-refractivity contribution in [3.05, 3.63) is 65.0 Å². The molecule has 0 atom stereocenters. The number of rotatable bonds is 5. The molecule has 0 spiro atoms. The molecule has 0 radical (unpaired) electrons. The summed E-state index contributed by atoms with van der Waals surface area (Å²) in [6.07, 6.45) is 0. The lowest BCUT2D eigenvalue weighted by Crippen LogP contribution is -2.10. The van der Waals surface area contributed by atoms with Crippen LogP contribution in [0.1, 0.15) is 0 Å². The van der Waals surface area contributed by atoms with E-state index in [1.165, 1.54) is 6.07 Å². The van der Waals surface area contributed by atoms with E-state index < -0.39 is 0 Å². The third kappa shape index (κ3) is 3.38. The number of ether oxygens (including phenoxy) is 2. The van der Waals surface area contributed by atoms with Gasteiger partial charge in [-0.05, 0) is 30.3 Å². The summed E-state index contributed by atoms with van der Waals surface area (Å²) in [4.78, 5) is 19.1. The Morgan fingerprint density at radius 3 is 2.42 bits per heavy atom. The predicted octanol–water partition coefficient (Wildman–Crippen LogP) is 3.20. The van der Waals surface area contributed by atoms with Crippen LogP contribution >= 0.6 is 0 Å². The van der Waals surface area contributed by atoms with Crippen LogP contribution < -0.4 is 20.3 Å². The number of nitrogens with one attached hydrogen (secondary N) is 2. The van der Waals surface area contributed by atoms with Crippen molar-refractivity contribution in [1.82, 2.24) is 9.97 Å². The molecule has 0 saturated carbocycles. The molecule has 0 saturated heterocycles. The van der Waals surface area contributed by atoms with Gasteiger partial charge in [-0.3, -0.25) is 9.78 Å². The van der Waals surface area contributed by atoms with Gasteiger partial charge in [0.1, 0.15) is 0 Å². The molecule has 0 aliphatic carbocycles. The van der Waals surface area contributed by atoms with E-state index >= 15 is 0 Å². The summed E-state index contributed by atoms with van der Waals surface area (Å²) >= 11 is 0. The number of aromatic nitrogens is 2. The number of nitrogens with zero attached hydrogens (tertiary/aromatic N) is 1. The van der Waals surface area contributed by atoms with Crippen molar-refractivity contribution < 1.29 is 9.47 Å². The summed E-state index contributed by atoms with van der Waals surface area (Å²) in [5.41, 5.74) is 1.89. The van der Waals surface area contributed by atoms with Crippen LogP contribution in [-0.4, -0.2) is 24.2 Å². The Labute approximate surface area is 139 Å². The van der Waals surface area contributed by atoms with E-state index in [4.69, 9.17) is 9.47 Å². The number of hydrogen-bond acceptors (Lipinski definition) is 5. The number of H-pyrrole nitrogens is 1. The highest BCUT2D eigenvalue weighted by Crippen LogP contribution is 2.31. The van der Waals surface area contributed by atoms with Gasteiger partial charge >= 0.3 is 0 Å². The second-order valence-corrected chi connectivity index (χ2v) is 5.04. The lowest BCUT2D eigenvalue weighted by molar-refractivity contribution is 0.355. The Balaban J connectivity index is 1.98. The molecule has 0 fully saturated rings. The van der Waals surface area contributed by atoms with Gasteiger partial charge in [0.15, 0.2) is 11.5 Å². The molecule has 0 amide bonds. The van der Waals surface area contributed by atoms with Gasteiger partial charge in [-0.1, -0.05) is 18.2 Å². The average molecular weight is 323 g/mol. The van der Waals surface area contributed by atoms with Crippen molar-refractivity contribution in [2.75, 3.05) is 19.5 Å². The molecule has 6 heteroatoms. The molecular formula is C18H17N3O3. The van der Waals surface area contributed by atoms with Crippen LogP contribution in [-0.2, 0) is 0 Å². The number of benzene rings is 2. The molecular weight excluding hydrogens is 306 g/mol. The smallest absolute Gasteiger partial charge is 0.252 e. The minimum Gasteiger partial charge on any atom is -0.493 e. The van der Waals surface area contributed by atoms with E-state index in [9.17, 15) is 4.79 Å². The van der Waals surface area contributed by atoms with Crippen molar-refractivity contribution in [2.24, 2.45) is 0 Å². The van der Waals surface area contributed by atoms with Gasteiger partial charge in [0.25, 0.3) is 5.56 Å². The van der Waals surface area contributed by atoms with Crippen molar-refractivity contribution in [2.45, 2.75) is 0 Å². The molecule has 6 nitrogen and oxygen atoms in total. The molecule has 24 heavy (non-hydrogen) atoms. The highest BCUT2D eigenvalue weighted by Gasteiger charge is 2.09. The molecule has 122 valence electrons. The Morgan fingerprint density at radius 2 is 1.71 bits per heavy atom. The van der Waals surface area contributed by atoms with E-state index in [1.807, 2.05) is 36.4 Å². The zero-order chi connectivity index (χ0) is 16.9. The lowest BCUT2D eigenvalue weighted by Gasteiger charge is -2.10. The maximum absolute atomic E-state index is 12.0. The molecule has 3 rings (SSSR count). The summed E-state index contributed by atoms with van der Waals surface area (Å²) in [5.74, 6) is 1.57. The normalized spacial score (nSPS) is 10.2. The fourth-order valence-electron chi connectivity index (χ4n) is 2.32. The molecule has 2 aromatic carbocycles. The molecule has 0 aliphatic heterocycles. The molecule has 0 aliphatic rings. The predicted molar refractivity (Wildman–Crippen MR) is 93.1 cm³/mol. The number of anilines is 2. The Bertz CT molecular complexity index is 892. The second kappa shape index (κ2) is 6.87. The highest BCUT2D eigenvalue weighted by molar-refractivity contribution is 5.65. The largest absolute Gasteiger partial charge is 0.493 e. The summed E-state index contributed by atoms with van der Waals surface area (Å²) in [7, 11) is 3.14. The molecule has 0 bridgehead atoms. The Hall–Kier alpha value is -3.28. The quantitative estimate of drug-likeness (QED) is 0.754. The fourth-order valence-corrected chi connectivity index (χ4v) is 2.32. The lowest BCUT2D eigenvalue weighted by atomic mass is 10.1. The standard InChI is InChI=1S/C18H17N3O3/c1-23-15-9-8-12(10-16(15)24-2)14-11-17(22)21-18(20-14)19-13-6-4-3-5-7-13/h3-11H,1-2H3,(H2,19,20,21,22). The van der Waals surface area contributed by atoms with Crippen LogP contribution in [0, 0.1) is 0 Å². The van der Waals surface area contributed by atoms with Gasteiger partial charge in [0, 0.05) is 17.3 Å². The van der Waals surface area contributed by atoms with Gasteiger partial charge < -0.3 is 14.8 Å². The number of methoxy groups -OCH3 is 2. The van der Waals surface area contributed by atoms with Crippen molar-refractivity contribution in [1.29, 1.82) is 0 Å². The second-order valence-electron chi connectivity index (χ2n) is 5.04. The number of aromatic amines is 1. The van der Waals surface area contributed by atoms with Gasteiger partial charge in [-0.2, -0.15) is 0 Å². The zero-order valence-corrected chi connectivity index (χ0v) is 13.4.